The van der Waals surface area contributed by atoms with Crippen LogP contribution in [0, 0.1) is 6.92 Å². The van der Waals surface area contributed by atoms with E-state index >= 15 is 0 Å². The van der Waals surface area contributed by atoms with Crippen molar-refractivity contribution < 1.29 is 14.3 Å². The first-order valence-electron chi connectivity index (χ1n) is 7.66. The Kier molecular flexibility index (Phi) is 4.61. The molecule has 1 aliphatic heterocycles. The first kappa shape index (κ1) is 15.3. The van der Waals surface area contributed by atoms with Gasteiger partial charge >= 0.3 is 0 Å². The second-order valence-corrected chi connectivity index (χ2v) is 5.84. The Balaban J connectivity index is 1.67. The number of aryl methyl sites for hydroxylation is 1. The molecule has 0 bridgehead atoms. The van der Waals surface area contributed by atoms with E-state index < -0.39 is 6.10 Å². The summed E-state index contributed by atoms with van der Waals surface area (Å²) in [5.41, 5.74) is 2.40. The Bertz CT molecular complexity index is 594. The minimum absolute atomic E-state index is 0.174. The van der Waals surface area contributed by atoms with E-state index in [0.29, 0.717) is 18.8 Å². The third-order valence-electron chi connectivity index (χ3n) is 4.43. The van der Waals surface area contributed by atoms with Crippen molar-refractivity contribution in [2.45, 2.75) is 32.0 Å². The summed E-state index contributed by atoms with van der Waals surface area (Å²) in [4.78, 5) is 2.36. The Hall–Kier alpha value is -1.63. The van der Waals surface area contributed by atoms with Crippen LogP contribution in [0.2, 0.25) is 0 Å². The number of rotatable bonds is 5. The van der Waals surface area contributed by atoms with Crippen LogP contribution in [-0.4, -0.2) is 45.6 Å². The molecule has 3 heterocycles. The molecule has 1 fully saturated rings. The summed E-state index contributed by atoms with van der Waals surface area (Å²) in [7, 11) is 1.95. The smallest absolute Gasteiger partial charge is 0.132 e. The number of morpholine rings is 1. The maximum atomic E-state index is 10.3. The zero-order chi connectivity index (χ0) is 15.5. The SMILES string of the molecule is Cc1c(CN2CCOCC2CC(O)c2ccco2)cnn1C. The highest BCUT2D eigenvalue weighted by Crippen LogP contribution is 2.24. The molecule has 0 saturated carbocycles. The number of aromatic nitrogens is 2. The highest BCUT2D eigenvalue weighted by atomic mass is 16.5. The van der Waals surface area contributed by atoms with Crippen molar-refractivity contribution in [2.75, 3.05) is 19.8 Å². The molecule has 120 valence electrons. The van der Waals surface area contributed by atoms with Crippen LogP contribution in [0.3, 0.4) is 0 Å². The number of furan rings is 1. The van der Waals surface area contributed by atoms with Gasteiger partial charge in [-0.3, -0.25) is 9.58 Å². The average Bonchev–Trinajstić information content (AvgIpc) is 3.15. The van der Waals surface area contributed by atoms with Crippen molar-refractivity contribution >= 4 is 0 Å². The molecule has 1 N–H and O–H groups in total. The maximum absolute atomic E-state index is 10.3. The largest absolute Gasteiger partial charge is 0.467 e. The van der Waals surface area contributed by atoms with Gasteiger partial charge in [-0.1, -0.05) is 0 Å². The highest BCUT2D eigenvalue weighted by molar-refractivity contribution is 5.16. The van der Waals surface area contributed by atoms with E-state index in [9.17, 15) is 5.11 Å². The van der Waals surface area contributed by atoms with E-state index in [4.69, 9.17) is 9.15 Å². The summed E-state index contributed by atoms with van der Waals surface area (Å²) in [6, 6.07) is 3.78. The van der Waals surface area contributed by atoms with Gasteiger partial charge in [0, 0.05) is 37.4 Å². The van der Waals surface area contributed by atoms with Crippen LogP contribution in [0.1, 0.15) is 29.5 Å². The molecular weight excluding hydrogens is 282 g/mol. The van der Waals surface area contributed by atoms with Gasteiger partial charge in [-0.25, -0.2) is 0 Å². The van der Waals surface area contributed by atoms with E-state index in [-0.39, 0.29) is 6.04 Å². The lowest BCUT2D eigenvalue weighted by atomic mass is 10.0. The Morgan fingerprint density at radius 1 is 1.50 bits per heavy atom. The van der Waals surface area contributed by atoms with Crippen molar-refractivity contribution in [3.05, 3.63) is 41.6 Å². The Morgan fingerprint density at radius 2 is 2.36 bits per heavy atom. The molecule has 2 aromatic rings. The molecular formula is C16H23N3O3. The van der Waals surface area contributed by atoms with Gasteiger partial charge in [0.2, 0.25) is 0 Å². The monoisotopic (exact) mass is 305 g/mol. The van der Waals surface area contributed by atoms with Crippen LogP contribution in [0.5, 0.6) is 0 Å². The zero-order valence-electron chi connectivity index (χ0n) is 13.1. The molecule has 0 amide bonds. The summed E-state index contributed by atoms with van der Waals surface area (Å²) in [6.07, 6.45) is 3.52. The van der Waals surface area contributed by atoms with E-state index in [1.165, 1.54) is 11.3 Å². The first-order valence-corrected chi connectivity index (χ1v) is 7.66. The van der Waals surface area contributed by atoms with Gasteiger partial charge in [-0.05, 0) is 25.5 Å². The summed E-state index contributed by atoms with van der Waals surface area (Å²) < 4.78 is 12.8. The van der Waals surface area contributed by atoms with E-state index in [2.05, 4.69) is 16.9 Å². The summed E-state index contributed by atoms with van der Waals surface area (Å²) >= 11 is 0. The number of aliphatic hydroxyl groups is 1. The van der Waals surface area contributed by atoms with E-state index in [1.54, 1.807) is 12.3 Å². The molecule has 0 aliphatic carbocycles. The molecule has 0 spiro atoms. The van der Waals surface area contributed by atoms with Crippen molar-refractivity contribution in [3.8, 4) is 0 Å². The predicted octanol–water partition coefficient (Wildman–Crippen LogP) is 1.65. The number of aliphatic hydroxyl groups excluding tert-OH is 1. The molecule has 3 rings (SSSR count). The molecule has 1 aliphatic rings. The second kappa shape index (κ2) is 6.64. The Labute approximate surface area is 130 Å². The summed E-state index contributed by atoms with van der Waals surface area (Å²) in [5, 5.41) is 14.6. The quantitative estimate of drug-likeness (QED) is 0.910. The van der Waals surface area contributed by atoms with Crippen molar-refractivity contribution in [1.29, 1.82) is 0 Å². The number of ether oxygens (including phenoxy) is 1. The van der Waals surface area contributed by atoms with Crippen molar-refractivity contribution in [1.82, 2.24) is 14.7 Å². The van der Waals surface area contributed by atoms with Gasteiger partial charge in [0.15, 0.2) is 0 Å². The lowest BCUT2D eigenvalue weighted by Crippen LogP contribution is -2.45. The van der Waals surface area contributed by atoms with Crippen LogP contribution in [0.15, 0.2) is 29.0 Å². The van der Waals surface area contributed by atoms with Gasteiger partial charge in [0.25, 0.3) is 0 Å². The number of nitrogens with zero attached hydrogens (tertiary/aromatic N) is 3. The molecule has 1 saturated heterocycles. The minimum Gasteiger partial charge on any atom is -0.467 e. The van der Waals surface area contributed by atoms with E-state index in [0.717, 1.165) is 19.7 Å². The third-order valence-corrected chi connectivity index (χ3v) is 4.43. The molecule has 2 aromatic heterocycles. The number of hydrogen-bond acceptors (Lipinski definition) is 5. The topological polar surface area (TPSA) is 63.7 Å². The van der Waals surface area contributed by atoms with Gasteiger partial charge in [0.1, 0.15) is 11.9 Å². The minimum atomic E-state index is -0.598. The zero-order valence-corrected chi connectivity index (χ0v) is 13.1. The fourth-order valence-electron chi connectivity index (χ4n) is 2.89. The van der Waals surface area contributed by atoms with Crippen LogP contribution in [0.4, 0.5) is 0 Å². The van der Waals surface area contributed by atoms with Crippen LogP contribution >= 0.6 is 0 Å². The van der Waals surface area contributed by atoms with Crippen LogP contribution in [0.25, 0.3) is 0 Å². The van der Waals surface area contributed by atoms with Crippen LogP contribution in [-0.2, 0) is 18.3 Å². The Morgan fingerprint density at radius 3 is 3.05 bits per heavy atom. The molecule has 0 aromatic carbocycles. The van der Waals surface area contributed by atoms with Crippen molar-refractivity contribution in [2.24, 2.45) is 7.05 Å². The second-order valence-electron chi connectivity index (χ2n) is 5.84. The van der Waals surface area contributed by atoms with Gasteiger partial charge < -0.3 is 14.3 Å². The van der Waals surface area contributed by atoms with Gasteiger partial charge in [-0.15, -0.1) is 0 Å². The fourth-order valence-corrected chi connectivity index (χ4v) is 2.89. The summed E-state index contributed by atoms with van der Waals surface area (Å²) in [6.45, 7) is 5.14. The lowest BCUT2D eigenvalue weighted by Gasteiger charge is -2.36. The van der Waals surface area contributed by atoms with E-state index in [1.807, 2.05) is 24.0 Å². The lowest BCUT2D eigenvalue weighted by molar-refractivity contribution is -0.0323. The predicted molar refractivity (Wildman–Crippen MR) is 81.2 cm³/mol. The third kappa shape index (κ3) is 3.24. The average molecular weight is 305 g/mol. The number of hydrogen-bond donors (Lipinski definition) is 1. The normalized spacial score (nSPS) is 21.1. The molecule has 6 nitrogen and oxygen atoms in total. The van der Waals surface area contributed by atoms with Crippen molar-refractivity contribution in [3.63, 3.8) is 0 Å². The molecule has 22 heavy (non-hydrogen) atoms. The molecule has 2 atom stereocenters. The fraction of sp³-hybridized carbons (Fsp3) is 0.562. The molecule has 0 radical (unpaired) electrons. The maximum Gasteiger partial charge on any atom is 0.132 e. The molecule has 2 unspecified atom stereocenters. The highest BCUT2D eigenvalue weighted by Gasteiger charge is 2.27. The standard InChI is InChI=1S/C16H23N3O3/c1-12-13(9-17-18(12)2)10-19-5-7-21-11-14(19)8-15(20)16-4-3-6-22-16/h3-4,6,9,14-15,20H,5,7-8,10-11H2,1-2H3. The van der Waals surface area contributed by atoms with Crippen LogP contribution < -0.4 is 0 Å². The molecule has 6 heteroatoms. The first-order chi connectivity index (χ1) is 10.6. The van der Waals surface area contributed by atoms with Gasteiger partial charge in [-0.2, -0.15) is 5.10 Å². The summed E-state index contributed by atoms with van der Waals surface area (Å²) in [5.74, 6) is 0.614. The van der Waals surface area contributed by atoms with Gasteiger partial charge in [0.05, 0.1) is 25.7 Å².